The van der Waals surface area contributed by atoms with Gasteiger partial charge in [-0.3, -0.25) is 14.4 Å². The van der Waals surface area contributed by atoms with Crippen molar-refractivity contribution >= 4 is 29.2 Å². The van der Waals surface area contributed by atoms with E-state index >= 15 is 0 Å². The average Bonchev–Trinajstić information content (AvgIpc) is 2.74. The van der Waals surface area contributed by atoms with E-state index in [9.17, 15) is 18.8 Å². The summed E-state index contributed by atoms with van der Waals surface area (Å²) in [7, 11) is 0. The Morgan fingerprint density at radius 3 is 2.81 bits per heavy atom. The minimum Gasteiger partial charge on any atom is -0.484 e. The minimum atomic E-state index is -0.943. The highest BCUT2D eigenvalue weighted by Gasteiger charge is 2.31. The molecule has 162 valence electrons. The highest BCUT2D eigenvalue weighted by molar-refractivity contribution is 6.30. The van der Waals surface area contributed by atoms with Gasteiger partial charge in [0.1, 0.15) is 17.3 Å². The van der Waals surface area contributed by atoms with Gasteiger partial charge in [0, 0.05) is 24.7 Å². The zero-order valence-corrected chi connectivity index (χ0v) is 17.2. The van der Waals surface area contributed by atoms with E-state index in [1.807, 2.05) is 0 Å². The number of benzene rings is 2. The first-order valence-corrected chi connectivity index (χ1v) is 9.83. The van der Waals surface area contributed by atoms with Gasteiger partial charge in [-0.05, 0) is 24.3 Å². The Labute approximate surface area is 183 Å². The van der Waals surface area contributed by atoms with Crippen LogP contribution in [0.2, 0.25) is 5.02 Å². The number of halogens is 2. The van der Waals surface area contributed by atoms with Crippen LogP contribution in [0.5, 0.6) is 11.5 Å². The van der Waals surface area contributed by atoms with E-state index < -0.39 is 23.7 Å². The number of nitrogens with one attached hydrogen (secondary N) is 2. The molecule has 1 atom stereocenters. The van der Waals surface area contributed by atoms with Crippen molar-refractivity contribution in [3.05, 3.63) is 71.1 Å². The molecule has 2 aromatic rings. The molecule has 31 heavy (non-hydrogen) atoms. The largest absolute Gasteiger partial charge is 0.484 e. The van der Waals surface area contributed by atoms with Crippen LogP contribution in [-0.4, -0.2) is 36.9 Å². The first kappa shape index (κ1) is 22.3. The lowest BCUT2D eigenvalue weighted by Gasteiger charge is -2.24. The van der Waals surface area contributed by atoms with Crippen molar-refractivity contribution in [1.82, 2.24) is 10.6 Å². The first-order valence-electron chi connectivity index (χ1n) is 9.45. The van der Waals surface area contributed by atoms with Gasteiger partial charge in [-0.1, -0.05) is 30.3 Å². The lowest BCUT2D eigenvalue weighted by molar-refractivity contribution is -0.127. The van der Waals surface area contributed by atoms with Crippen molar-refractivity contribution < 1.29 is 28.2 Å². The van der Waals surface area contributed by atoms with Gasteiger partial charge in [-0.15, -0.1) is 0 Å². The number of rotatable bonds is 8. The Bertz CT molecular complexity index is 1030. The normalized spacial score (nSPS) is 14.8. The molecule has 3 rings (SSSR count). The summed E-state index contributed by atoms with van der Waals surface area (Å²) in [6, 6.07) is 10.6. The number of Topliss-reactive ketones (excluding diaryl/α,β-unsaturated/α-hetero) is 1. The van der Waals surface area contributed by atoms with Crippen LogP contribution in [0.4, 0.5) is 4.39 Å². The summed E-state index contributed by atoms with van der Waals surface area (Å²) in [5, 5.41) is 5.16. The predicted molar refractivity (Wildman–Crippen MR) is 112 cm³/mol. The summed E-state index contributed by atoms with van der Waals surface area (Å²) in [5.74, 6) is -1.16. The summed E-state index contributed by atoms with van der Waals surface area (Å²) in [5.41, 5.74) is 0.817. The Hall–Kier alpha value is -3.39. The van der Waals surface area contributed by atoms with Gasteiger partial charge < -0.3 is 20.1 Å². The predicted octanol–water partition coefficient (Wildman–Crippen LogP) is 3.03. The fourth-order valence-corrected chi connectivity index (χ4v) is 2.97. The van der Waals surface area contributed by atoms with Crippen LogP contribution < -0.4 is 20.1 Å². The van der Waals surface area contributed by atoms with E-state index in [-0.39, 0.29) is 42.5 Å². The Morgan fingerprint density at radius 2 is 2.03 bits per heavy atom. The molecule has 1 heterocycles. The van der Waals surface area contributed by atoms with Gasteiger partial charge in [0.2, 0.25) is 0 Å². The number of carbonyl (C=O) groups excluding carboxylic acids is 3. The third-order valence-corrected chi connectivity index (χ3v) is 4.74. The number of fused-ring (bicyclic) bond motifs is 1. The van der Waals surface area contributed by atoms with Gasteiger partial charge in [-0.25, -0.2) is 4.39 Å². The summed E-state index contributed by atoms with van der Waals surface area (Å²) in [6.45, 7) is 3.64. The highest BCUT2D eigenvalue weighted by atomic mass is 35.5. The molecule has 7 nitrogen and oxygen atoms in total. The molecule has 0 fully saturated rings. The number of amides is 2. The number of hydrogen-bond acceptors (Lipinski definition) is 5. The van der Waals surface area contributed by atoms with Crippen molar-refractivity contribution in [3.8, 4) is 11.5 Å². The molecule has 0 saturated heterocycles. The second-order valence-corrected chi connectivity index (χ2v) is 7.19. The molecule has 9 heteroatoms. The molecule has 2 N–H and O–H groups in total. The molecule has 0 spiro atoms. The zero-order chi connectivity index (χ0) is 22.4. The third kappa shape index (κ3) is 6.05. The molecular weight excluding hydrogens is 427 g/mol. The topological polar surface area (TPSA) is 93.7 Å². The Morgan fingerprint density at radius 1 is 1.26 bits per heavy atom. The average molecular weight is 447 g/mol. The van der Waals surface area contributed by atoms with E-state index in [1.165, 1.54) is 12.1 Å². The van der Waals surface area contributed by atoms with Gasteiger partial charge in [-0.2, -0.15) is 0 Å². The van der Waals surface area contributed by atoms with Crippen molar-refractivity contribution in [2.24, 2.45) is 0 Å². The standard InChI is InChI=1S/C22H20ClFN2O5/c1-13(8-9-25-21(28)12-30-14-6-7-16(23)17(24)10-14)26-22(29)20-11-18(27)15-4-2-3-5-19(15)31-20/h2-7,10,20H,1,8-9,11-12H2,(H,25,28)(H,26,29)/t20-/m1/s1. The van der Waals surface area contributed by atoms with Crippen LogP contribution in [0.15, 0.2) is 54.7 Å². The molecule has 0 bridgehead atoms. The number of hydrogen-bond donors (Lipinski definition) is 2. The zero-order valence-electron chi connectivity index (χ0n) is 16.5. The molecule has 0 aliphatic carbocycles. The summed E-state index contributed by atoms with van der Waals surface area (Å²) < 4.78 is 24.1. The highest BCUT2D eigenvalue weighted by Crippen LogP contribution is 2.27. The fourth-order valence-electron chi connectivity index (χ4n) is 2.86. The quantitative estimate of drug-likeness (QED) is 0.650. The van der Waals surface area contributed by atoms with E-state index in [2.05, 4.69) is 17.2 Å². The molecular formula is C22H20ClFN2O5. The van der Waals surface area contributed by atoms with Gasteiger partial charge in [0.15, 0.2) is 18.5 Å². The van der Waals surface area contributed by atoms with Crippen molar-refractivity contribution in [2.45, 2.75) is 18.9 Å². The van der Waals surface area contributed by atoms with Crippen LogP contribution in [-0.2, 0) is 9.59 Å². The van der Waals surface area contributed by atoms with E-state index in [4.69, 9.17) is 21.1 Å². The molecule has 2 amide bonds. The molecule has 0 saturated carbocycles. The number of ether oxygens (including phenoxy) is 2. The molecule has 1 aliphatic heterocycles. The van der Waals surface area contributed by atoms with Crippen molar-refractivity contribution in [1.29, 1.82) is 0 Å². The maximum Gasteiger partial charge on any atom is 0.265 e. The molecule has 0 aromatic heterocycles. The monoisotopic (exact) mass is 446 g/mol. The van der Waals surface area contributed by atoms with E-state index in [1.54, 1.807) is 24.3 Å². The minimum absolute atomic E-state index is 0.0374. The smallest absolute Gasteiger partial charge is 0.265 e. The molecule has 0 radical (unpaired) electrons. The van der Waals surface area contributed by atoms with Crippen LogP contribution in [0.25, 0.3) is 0 Å². The molecule has 0 unspecified atom stereocenters. The van der Waals surface area contributed by atoms with Gasteiger partial charge >= 0.3 is 0 Å². The van der Waals surface area contributed by atoms with Crippen molar-refractivity contribution in [3.63, 3.8) is 0 Å². The second kappa shape index (κ2) is 10.1. The third-order valence-electron chi connectivity index (χ3n) is 4.43. The second-order valence-electron chi connectivity index (χ2n) is 6.79. The van der Waals surface area contributed by atoms with E-state index in [0.29, 0.717) is 17.0 Å². The first-order chi connectivity index (χ1) is 14.8. The lowest BCUT2D eigenvalue weighted by atomic mass is 10.0. The molecule has 1 aliphatic rings. The van der Waals surface area contributed by atoms with Crippen molar-refractivity contribution in [2.75, 3.05) is 13.2 Å². The summed E-state index contributed by atoms with van der Waals surface area (Å²) in [6.07, 6.45) is -0.735. The lowest BCUT2D eigenvalue weighted by Crippen LogP contribution is -2.42. The van der Waals surface area contributed by atoms with Crippen LogP contribution in [0, 0.1) is 5.82 Å². The van der Waals surface area contributed by atoms with E-state index in [0.717, 1.165) is 6.07 Å². The Kier molecular flexibility index (Phi) is 7.25. The molecule has 2 aromatic carbocycles. The van der Waals surface area contributed by atoms with Gasteiger partial charge in [0.25, 0.3) is 11.8 Å². The fraction of sp³-hybridized carbons (Fsp3) is 0.227. The number of carbonyl (C=O) groups is 3. The number of para-hydroxylation sites is 1. The van der Waals surface area contributed by atoms with Crippen LogP contribution >= 0.6 is 11.6 Å². The number of ketones is 1. The maximum atomic E-state index is 13.3. The van der Waals surface area contributed by atoms with Crippen LogP contribution in [0.1, 0.15) is 23.2 Å². The van der Waals surface area contributed by atoms with Gasteiger partial charge in [0.05, 0.1) is 17.0 Å². The van der Waals surface area contributed by atoms with Crippen LogP contribution in [0.3, 0.4) is 0 Å². The summed E-state index contributed by atoms with van der Waals surface area (Å²) in [4.78, 5) is 36.4. The Balaban J connectivity index is 1.38. The maximum absolute atomic E-state index is 13.3. The SMILES string of the molecule is C=C(CCNC(=O)COc1ccc(Cl)c(F)c1)NC(=O)[C@H]1CC(=O)c2ccccc2O1. The summed E-state index contributed by atoms with van der Waals surface area (Å²) >= 11 is 5.58.